The summed E-state index contributed by atoms with van der Waals surface area (Å²) in [6, 6.07) is 6.55. The molecular formula is C35H26O14. The molecule has 3 aliphatic rings. The van der Waals surface area contributed by atoms with Gasteiger partial charge in [-0.3, -0.25) is 19.2 Å². The summed E-state index contributed by atoms with van der Waals surface area (Å²) in [5, 5.41) is 85.8. The third-order valence-electron chi connectivity index (χ3n) is 8.88. The van der Waals surface area contributed by atoms with Gasteiger partial charge in [-0.2, -0.15) is 0 Å². The molecule has 8 N–H and O–H groups in total. The number of hydrogen-bond acceptors (Lipinski definition) is 14. The number of carbonyl (C=O) groups is 4. The van der Waals surface area contributed by atoms with Crippen LogP contribution in [0.25, 0.3) is 11.1 Å². The number of aromatic hydroxyl groups is 5. The number of phenols is 5. The zero-order valence-corrected chi connectivity index (χ0v) is 25.5. The minimum atomic E-state index is -1.92. The maximum Gasteiger partial charge on any atom is 0.228 e. The first-order chi connectivity index (χ1) is 23.1. The van der Waals surface area contributed by atoms with Crippen LogP contribution in [0.3, 0.4) is 0 Å². The molecule has 0 unspecified atom stereocenters. The lowest BCUT2D eigenvalue weighted by molar-refractivity contribution is -0.241. The molecule has 4 aromatic carbocycles. The highest BCUT2D eigenvalue weighted by atomic mass is 16.7. The van der Waals surface area contributed by atoms with Crippen LogP contribution < -0.4 is 4.74 Å². The molecule has 0 radical (unpaired) electrons. The van der Waals surface area contributed by atoms with Gasteiger partial charge < -0.3 is 50.3 Å². The van der Waals surface area contributed by atoms with Crippen LogP contribution in [0.5, 0.6) is 34.5 Å². The second-order valence-corrected chi connectivity index (χ2v) is 12.2. The Bertz CT molecular complexity index is 2220. The summed E-state index contributed by atoms with van der Waals surface area (Å²) >= 11 is 0. The predicted molar refractivity (Wildman–Crippen MR) is 165 cm³/mol. The van der Waals surface area contributed by atoms with Crippen molar-refractivity contribution in [1.29, 1.82) is 0 Å². The lowest BCUT2D eigenvalue weighted by Gasteiger charge is -2.36. The van der Waals surface area contributed by atoms with E-state index in [-0.39, 0.29) is 11.1 Å². The van der Waals surface area contributed by atoms with Crippen molar-refractivity contribution in [2.45, 2.75) is 38.4 Å². The molecule has 2 aliphatic carbocycles. The average Bonchev–Trinajstić information content (AvgIpc) is 3.02. The van der Waals surface area contributed by atoms with Crippen molar-refractivity contribution in [3.05, 3.63) is 92.0 Å². The zero-order valence-electron chi connectivity index (χ0n) is 25.5. The van der Waals surface area contributed by atoms with E-state index in [9.17, 15) is 60.0 Å². The summed E-state index contributed by atoms with van der Waals surface area (Å²) in [6.45, 7) is 2.54. The standard InChI is InChI=1S/C35H26O14/c1-10-3-12-21(14(36)5-10)32(45)24-17(39)7-16(38)23(27(24)29(12)42)26-20(49-35-34(47)31(44)19(41)9-48-35)8-18(40)25-28(26)30(43)13-4-11(2)6-15(37)22(13)33(25)46/h3-8,19,31,34-41,44,47H,9H2,1-2H3/t19-,31+,34-,35+/m1/s1. The van der Waals surface area contributed by atoms with Crippen LogP contribution in [-0.2, 0) is 4.74 Å². The molecule has 49 heavy (non-hydrogen) atoms. The molecule has 14 heteroatoms. The molecule has 0 amide bonds. The number of ether oxygens (including phenoxy) is 2. The fraction of sp³-hybridized carbons (Fsp3) is 0.200. The van der Waals surface area contributed by atoms with Crippen LogP contribution in [0, 0.1) is 13.8 Å². The van der Waals surface area contributed by atoms with E-state index in [0.717, 1.165) is 6.07 Å². The van der Waals surface area contributed by atoms with Crippen LogP contribution >= 0.6 is 0 Å². The number of aliphatic hydroxyl groups excluding tert-OH is 3. The van der Waals surface area contributed by atoms with Gasteiger partial charge >= 0.3 is 0 Å². The van der Waals surface area contributed by atoms with Crippen molar-refractivity contribution in [1.82, 2.24) is 0 Å². The summed E-state index contributed by atoms with van der Waals surface area (Å²) in [7, 11) is 0. The number of rotatable bonds is 3. The largest absolute Gasteiger partial charge is 0.507 e. The fourth-order valence-corrected chi connectivity index (χ4v) is 6.71. The lowest BCUT2D eigenvalue weighted by Crippen LogP contribution is -2.54. The van der Waals surface area contributed by atoms with Crippen molar-refractivity contribution in [3.63, 3.8) is 0 Å². The highest BCUT2D eigenvalue weighted by molar-refractivity contribution is 6.35. The molecular weight excluding hydrogens is 644 g/mol. The molecule has 0 bridgehead atoms. The Kier molecular flexibility index (Phi) is 7.05. The molecule has 1 fully saturated rings. The van der Waals surface area contributed by atoms with Crippen LogP contribution in [0.1, 0.15) is 74.8 Å². The highest BCUT2D eigenvalue weighted by Gasteiger charge is 2.45. The van der Waals surface area contributed by atoms with Gasteiger partial charge in [0.25, 0.3) is 0 Å². The molecule has 1 saturated heterocycles. The Labute approximate surface area is 275 Å². The zero-order chi connectivity index (χ0) is 35.4. The molecule has 0 spiro atoms. The summed E-state index contributed by atoms with van der Waals surface area (Å²) in [5.41, 5.74) is -4.61. The normalized spacial score (nSPS) is 21.2. The molecule has 1 aliphatic heterocycles. The molecule has 14 nitrogen and oxygen atoms in total. The van der Waals surface area contributed by atoms with Crippen LogP contribution in [-0.4, -0.2) is 95.2 Å². The van der Waals surface area contributed by atoms with Gasteiger partial charge in [0.15, 0.2) is 11.6 Å². The minimum absolute atomic E-state index is 0.312. The first-order valence-electron chi connectivity index (χ1n) is 14.8. The first-order valence-corrected chi connectivity index (χ1v) is 14.8. The van der Waals surface area contributed by atoms with Gasteiger partial charge in [0.05, 0.1) is 28.9 Å². The van der Waals surface area contributed by atoms with Crippen LogP contribution in [0.15, 0.2) is 36.4 Å². The van der Waals surface area contributed by atoms with E-state index in [2.05, 4.69) is 0 Å². The number of aliphatic hydroxyl groups is 3. The topological polar surface area (TPSA) is 249 Å². The number of phenolic OH excluding ortho intramolecular Hbond substituents is 5. The van der Waals surface area contributed by atoms with Crippen LogP contribution in [0.2, 0.25) is 0 Å². The van der Waals surface area contributed by atoms with E-state index in [1.54, 1.807) is 0 Å². The van der Waals surface area contributed by atoms with Crippen LogP contribution in [0.4, 0.5) is 0 Å². The lowest BCUT2D eigenvalue weighted by atomic mass is 9.74. The molecule has 0 aromatic heterocycles. The Morgan fingerprint density at radius 3 is 1.51 bits per heavy atom. The van der Waals surface area contributed by atoms with E-state index in [1.807, 2.05) is 0 Å². The van der Waals surface area contributed by atoms with E-state index < -0.39 is 133 Å². The Balaban J connectivity index is 1.58. The van der Waals surface area contributed by atoms with Crippen molar-refractivity contribution in [2.24, 2.45) is 0 Å². The summed E-state index contributed by atoms with van der Waals surface area (Å²) in [5.74, 6) is -8.40. The summed E-state index contributed by atoms with van der Waals surface area (Å²) < 4.78 is 11.2. The monoisotopic (exact) mass is 670 g/mol. The second-order valence-electron chi connectivity index (χ2n) is 12.2. The molecule has 4 atom stereocenters. The van der Waals surface area contributed by atoms with E-state index in [0.29, 0.717) is 17.2 Å². The third-order valence-corrected chi connectivity index (χ3v) is 8.88. The van der Waals surface area contributed by atoms with Crippen molar-refractivity contribution in [3.8, 4) is 45.6 Å². The molecule has 250 valence electrons. The maximum absolute atomic E-state index is 14.4. The fourth-order valence-electron chi connectivity index (χ4n) is 6.71. The van der Waals surface area contributed by atoms with E-state index in [4.69, 9.17) is 9.47 Å². The van der Waals surface area contributed by atoms with Gasteiger partial charge in [0.1, 0.15) is 52.8 Å². The van der Waals surface area contributed by atoms with Gasteiger partial charge in [0.2, 0.25) is 17.9 Å². The van der Waals surface area contributed by atoms with Crippen molar-refractivity contribution in [2.75, 3.05) is 6.61 Å². The number of carbonyl (C=O) groups excluding carboxylic acids is 4. The number of benzene rings is 4. The van der Waals surface area contributed by atoms with E-state index in [1.165, 1.54) is 38.1 Å². The summed E-state index contributed by atoms with van der Waals surface area (Å²) in [6.07, 6.45) is -7.02. The predicted octanol–water partition coefficient (Wildman–Crippen LogP) is 1.87. The Morgan fingerprint density at radius 1 is 0.531 bits per heavy atom. The van der Waals surface area contributed by atoms with Gasteiger partial charge in [-0.25, -0.2) is 0 Å². The van der Waals surface area contributed by atoms with E-state index >= 15 is 0 Å². The molecule has 4 aromatic rings. The molecule has 7 rings (SSSR count). The van der Waals surface area contributed by atoms with Crippen molar-refractivity contribution < 1.29 is 69.5 Å². The SMILES string of the molecule is Cc1cc(O)c2c(c1)C(=O)c1c(c(O)cc(O)c1-c1c(O[C@@H]3OC[C@@H](O)[C@H](O)[C@H]3O)cc(O)c3c1C(=O)c1cc(C)cc(O)c1C3=O)C2=O. The van der Waals surface area contributed by atoms with Gasteiger partial charge in [-0.05, 0) is 49.2 Å². The smallest absolute Gasteiger partial charge is 0.228 e. The second kappa shape index (κ2) is 10.9. The number of fused-ring (bicyclic) bond motifs is 4. The highest BCUT2D eigenvalue weighted by Crippen LogP contribution is 2.53. The first kappa shape index (κ1) is 31.8. The Morgan fingerprint density at radius 2 is 0.980 bits per heavy atom. The average molecular weight is 671 g/mol. The third kappa shape index (κ3) is 4.49. The van der Waals surface area contributed by atoms with Crippen molar-refractivity contribution >= 4 is 23.1 Å². The summed E-state index contributed by atoms with van der Waals surface area (Å²) in [4.78, 5) is 56.4. The van der Waals surface area contributed by atoms with Gasteiger partial charge in [-0.1, -0.05) is 0 Å². The number of ketones is 4. The Hall–Kier alpha value is -5.80. The maximum atomic E-state index is 14.4. The molecule has 0 saturated carbocycles. The molecule has 1 heterocycles. The number of aryl methyl sites for hydroxylation is 2. The van der Waals surface area contributed by atoms with Gasteiger partial charge in [-0.15, -0.1) is 0 Å². The quantitative estimate of drug-likeness (QED) is 0.134. The minimum Gasteiger partial charge on any atom is -0.507 e. The number of hydrogen-bond donors (Lipinski definition) is 8. The van der Waals surface area contributed by atoms with Gasteiger partial charge in [0, 0.05) is 45.5 Å².